The molecule has 2 aliphatic rings. The van der Waals surface area contributed by atoms with Gasteiger partial charge in [-0.05, 0) is 166 Å². The molecule has 0 aromatic heterocycles. The zero-order valence-corrected chi connectivity index (χ0v) is 46.6. The third kappa shape index (κ3) is 11.2. The SMILES string of the molecule is CCC(CCC(C)(C)C(C)(C)C(C)(C)[C@H](C)C(C)(C)[C@@H](C)CC(C)C(C)C(C)C(CC)C(C)C1C(C)C(C)C(CC)C(CC)C1C)C(C)C1CC(C)C(CC)C(CC)C1C. The molecular weight excluding hydrogens is 721 g/mol. The summed E-state index contributed by atoms with van der Waals surface area (Å²) in [5.41, 5.74) is 0.898. The summed E-state index contributed by atoms with van der Waals surface area (Å²) < 4.78 is 0. The molecule has 18 unspecified atom stereocenters. The van der Waals surface area contributed by atoms with E-state index < -0.39 is 0 Å². The molecule has 60 heavy (non-hydrogen) atoms. The molecule has 0 saturated heterocycles. The Hall–Kier alpha value is 0. The first-order valence-corrected chi connectivity index (χ1v) is 27.5. The van der Waals surface area contributed by atoms with Crippen molar-refractivity contribution in [2.45, 2.75) is 244 Å². The van der Waals surface area contributed by atoms with Crippen LogP contribution in [0.15, 0.2) is 0 Å². The lowest BCUT2D eigenvalue weighted by atomic mass is 9.46. The highest BCUT2D eigenvalue weighted by molar-refractivity contribution is 5.03. The smallest absolute Gasteiger partial charge is 0.0249 e. The number of hydrogen-bond donors (Lipinski definition) is 0. The Bertz CT molecular complexity index is 1220. The second-order valence-corrected chi connectivity index (χ2v) is 26.3. The highest BCUT2D eigenvalue weighted by Crippen LogP contribution is 2.62. The third-order valence-corrected chi connectivity index (χ3v) is 23.8. The average molecular weight is 840 g/mol. The van der Waals surface area contributed by atoms with Crippen molar-refractivity contribution in [3.8, 4) is 0 Å². The molecule has 0 bridgehead atoms. The molecule has 0 amide bonds. The Morgan fingerprint density at radius 2 is 1.02 bits per heavy atom. The molecule has 0 heterocycles. The van der Waals surface area contributed by atoms with Gasteiger partial charge in [-0.15, -0.1) is 0 Å². The van der Waals surface area contributed by atoms with Gasteiger partial charge in [0.2, 0.25) is 0 Å². The van der Waals surface area contributed by atoms with E-state index in [-0.39, 0.29) is 21.7 Å². The molecule has 0 N–H and O–H groups in total. The van der Waals surface area contributed by atoms with Crippen LogP contribution in [0.5, 0.6) is 0 Å². The van der Waals surface area contributed by atoms with Gasteiger partial charge in [-0.2, -0.15) is 0 Å². The van der Waals surface area contributed by atoms with Crippen molar-refractivity contribution in [1.82, 2.24) is 0 Å². The Balaban J connectivity index is 2.21. The fourth-order valence-corrected chi connectivity index (χ4v) is 16.9. The van der Waals surface area contributed by atoms with Gasteiger partial charge in [0.1, 0.15) is 0 Å². The molecule has 2 fully saturated rings. The van der Waals surface area contributed by atoms with Crippen LogP contribution < -0.4 is 0 Å². The van der Waals surface area contributed by atoms with E-state index in [4.69, 9.17) is 0 Å². The van der Waals surface area contributed by atoms with Gasteiger partial charge in [-0.3, -0.25) is 0 Å². The van der Waals surface area contributed by atoms with E-state index in [1.54, 1.807) is 0 Å². The lowest BCUT2D eigenvalue weighted by molar-refractivity contribution is -0.105. The largest absolute Gasteiger partial charge is 0.0651 e. The minimum atomic E-state index is 0.195. The fraction of sp³-hybridized carbons (Fsp3) is 1.00. The van der Waals surface area contributed by atoms with Gasteiger partial charge in [-0.25, -0.2) is 0 Å². The van der Waals surface area contributed by atoms with E-state index >= 15 is 0 Å². The summed E-state index contributed by atoms with van der Waals surface area (Å²) in [7, 11) is 0. The Kier molecular flexibility index (Phi) is 21.0. The zero-order valence-electron chi connectivity index (χ0n) is 46.6. The van der Waals surface area contributed by atoms with E-state index in [9.17, 15) is 0 Å². The first kappa shape index (κ1) is 56.1. The predicted octanol–water partition coefficient (Wildman–Crippen LogP) is 19.7. The summed E-state index contributed by atoms with van der Waals surface area (Å²) in [5.74, 6) is 16.3. The quantitative estimate of drug-likeness (QED) is 0.0962. The summed E-state index contributed by atoms with van der Waals surface area (Å²) in [4.78, 5) is 0. The highest BCUT2D eigenvalue weighted by Gasteiger charge is 2.54. The summed E-state index contributed by atoms with van der Waals surface area (Å²) in [5, 5.41) is 0. The first-order valence-electron chi connectivity index (χ1n) is 27.5. The molecule has 0 nitrogen and oxygen atoms in total. The van der Waals surface area contributed by atoms with E-state index in [1.807, 2.05) is 0 Å². The maximum atomic E-state index is 2.69. The van der Waals surface area contributed by atoms with Gasteiger partial charge in [0.15, 0.2) is 0 Å². The van der Waals surface area contributed by atoms with Gasteiger partial charge in [0, 0.05) is 0 Å². The molecule has 0 spiro atoms. The van der Waals surface area contributed by atoms with Crippen molar-refractivity contribution in [3.63, 3.8) is 0 Å². The summed E-state index contributed by atoms with van der Waals surface area (Å²) in [6, 6.07) is 0. The van der Waals surface area contributed by atoms with Gasteiger partial charge in [-0.1, -0.05) is 219 Å². The molecule has 2 aliphatic carbocycles. The van der Waals surface area contributed by atoms with Crippen LogP contribution in [0, 0.1) is 140 Å². The third-order valence-electron chi connectivity index (χ3n) is 23.8. The van der Waals surface area contributed by atoms with Crippen molar-refractivity contribution < 1.29 is 0 Å². The van der Waals surface area contributed by atoms with Crippen molar-refractivity contribution >= 4 is 0 Å². The standard InChI is InChI=1S/C60H118/c1-27-49(44(14)55-36-38(8)50(28-2)53(31-5)45(55)15)33-34-57(19,20)60(25,26)59(23,24)48(18)58(21,22)39(9)35-37(7)40(10)41(11)51(29-3)46(16)56-43(13)42(12)52(30-4)54(32-6)47(56)17/h37-56H,27-36H2,1-26H3/t37?,38?,39-,40?,41?,42?,43?,44?,45?,46?,47?,48+,49?,50?,51?,52?,53?,54?,55?,56?/m0/s1. The maximum absolute atomic E-state index is 2.69. The topological polar surface area (TPSA) is 0 Å². The molecule has 2 rings (SSSR count). The molecule has 0 aromatic carbocycles. The zero-order chi connectivity index (χ0) is 46.6. The first-order chi connectivity index (χ1) is 27.5. The molecule has 20 atom stereocenters. The lowest BCUT2D eigenvalue weighted by Crippen LogP contribution is -2.52. The van der Waals surface area contributed by atoms with Crippen molar-refractivity contribution in [1.29, 1.82) is 0 Å². The Labute approximate surface area is 382 Å². The normalized spacial score (nSPS) is 34.6. The minimum Gasteiger partial charge on any atom is -0.0651 e. The molecule has 358 valence electrons. The fourth-order valence-electron chi connectivity index (χ4n) is 16.9. The van der Waals surface area contributed by atoms with E-state index in [0.717, 1.165) is 107 Å². The van der Waals surface area contributed by atoms with E-state index in [0.29, 0.717) is 11.8 Å². The lowest BCUT2D eigenvalue weighted by Gasteiger charge is -2.59. The van der Waals surface area contributed by atoms with E-state index in [1.165, 1.54) is 64.2 Å². The van der Waals surface area contributed by atoms with Gasteiger partial charge < -0.3 is 0 Å². The minimum absolute atomic E-state index is 0.195. The number of hydrogen-bond acceptors (Lipinski definition) is 0. The second kappa shape index (κ2) is 22.5. The molecular formula is C60H118. The Morgan fingerprint density at radius 3 is 1.48 bits per heavy atom. The van der Waals surface area contributed by atoms with Gasteiger partial charge in [0.05, 0.1) is 0 Å². The summed E-state index contributed by atoms with van der Waals surface area (Å²) in [6.07, 6.45) is 13.6. The summed E-state index contributed by atoms with van der Waals surface area (Å²) >= 11 is 0. The van der Waals surface area contributed by atoms with Gasteiger partial charge in [0.25, 0.3) is 0 Å². The van der Waals surface area contributed by atoms with Crippen LogP contribution in [0.1, 0.15) is 244 Å². The van der Waals surface area contributed by atoms with Crippen LogP contribution in [0.4, 0.5) is 0 Å². The highest BCUT2D eigenvalue weighted by atomic mass is 14.6. The van der Waals surface area contributed by atoms with Crippen LogP contribution in [-0.4, -0.2) is 0 Å². The van der Waals surface area contributed by atoms with Crippen molar-refractivity contribution in [2.24, 2.45) is 140 Å². The van der Waals surface area contributed by atoms with E-state index in [2.05, 4.69) is 180 Å². The molecule has 0 radical (unpaired) electrons. The second-order valence-electron chi connectivity index (χ2n) is 26.3. The van der Waals surface area contributed by atoms with Crippen LogP contribution in [0.2, 0.25) is 0 Å². The van der Waals surface area contributed by atoms with Crippen LogP contribution in [0.25, 0.3) is 0 Å². The summed E-state index contributed by atoms with van der Waals surface area (Å²) in [6.45, 7) is 67.9. The maximum Gasteiger partial charge on any atom is -0.0249 e. The van der Waals surface area contributed by atoms with Crippen molar-refractivity contribution in [3.05, 3.63) is 0 Å². The van der Waals surface area contributed by atoms with Crippen LogP contribution in [0.3, 0.4) is 0 Å². The monoisotopic (exact) mass is 839 g/mol. The molecule has 0 heteroatoms. The number of rotatable bonds is 23. The molecule has 0 aromatic rings. The van der Waals surface area contributed by atoms with Crippen LogP contribution in [-0.2, 0) is 0 Å². The molecule has 0 aliphatic heterocycles. The average Bonchev–Trinajstić information content (AvgIpc) is 3.18. The Morgan fingerprint density at radius 1 is 0.533 bits per heavy atom. The van der Waals surface area contributed by atoms with Gasteiger partial charge >= 0.3 is 0 Å². The van der Waals surface area contributed by atoms with Crippen molar-refractivity contribution in [2.75, 3.05) is 0 Å². The van der Waals surface area contributed by atoms with Crippen LogP contribution >= 0.6 is 0 Å². The molecule has 2 saturated carbocycles. The predicted molar refractivity (Wildman–Crippen MR) is 273 cm³/mol.